The predicted octanol–water partition coefficient (Wildman–Crippen LogP) is 5.11. The number of carbonyl (C=O) groups excluding carboxylic acids is 1. The molecule has 2 aliphatic rings. The SMILES string of the molecule is C=Cc1cn[nH]c1[C@H]1CCCN(C(=O)OC)[C@H]1COC1CCC(c2ccccc2)CC1. The van der Waals surface area contributed by atoms with E-state index in [-0.39, 0.29) is 24.2 Å². The summed E-state index contributed by atoms with van der Waals surface area (Å²) in [4.78, 5) is 14.3. The van der Waals surface area contributed by atoms with Gasteiger partial charge in [0.2, 0.25) is 0 Å². The fraction of sp³-hybridized carbons (Fsp3) is 0.520. The zero-order chi connectivity index (χ0) is 21.6. The molecule has 2 fully saturated rings. The largest absolute Gasteiger partial charge is 0.453 e. The number of piperidine rings is 1. The number of nitrogens with zero attached hydrogens (tertiary/aromatic N) is 2. The van der Waals surface area contributed by atoms with Crippen LogP contribution in [0.15, 0.2) is 43.1 Å². The van der Waals surface area contributed by atoms with Gasteiger partial charge in [-0.2, -0.15) is 5.10 Å². The normalized spacial score (nSPS) is 26.4. The number of likely N-dealkylation sites (tertiary alicyclic amines) is 1. The van der Waals surface area contributed by atoms with Crippen LogP contribution in [-0.2, 0) is 9.47 Å². The Morgan fingerprint density at radius 1 is 1.23 bits per heavy atom. The Bertz CT molecular complexity index is 858. The van der Waals surface area contributed by atoms with Gasteiger partial charge in [-0.25, -0.2) is 4.79 Å². The minimum absolute atomic E-state index is 0.0767. The third-order valence-corrected chi connectivity index (χ3v) is 6.93. The van der Waals surface area contributed by atoms with Gasteiger partial charge >= 0.3 is 6.09 Å². The number of benzene rings is 1. The van der Waals surface area contributed by atoms with Crippen LogP contribution in [-0.4, -0.2) is 53.6 Å². The summed E-state index contributed by atoms with van der Waals surface area (Å²) in [6.45, 7) is 5.11. The number of aromatic amines is 1. The Morgan fingerprint density at radius 2 is 2.00 bits per heavy atom. The quantitative estimate of drug-likeness (QED) is 0.701. The molecule has 0 radical (unpaired) electrons. The van der Waals surface area contributed by atoms with Crippen LogP contribution in [0.25, 0.3) is 6.08 Å². The monoisotopic (exact) mass is 423 g/mol. The molecular weight excluding hydrogens is 390 g/mol. The number of rotatable bonds is 6. The van der Waals surface area contributed by atoms with Gasteiger partial charge in [-0.15, -0.1) is 0 Å². The summed E-state index contributed by atoms with van der Waals surface area (Å²) in [5.41, 5.74) is 3.46. The molecule has 2 aromatic rings. The van der Waals surface area contributed by atoms with E-state index in [2.05, 4.69) is 47.1 Å². The summed E-state index contributed by atoms with van der Waals surface area (Å²) < 4.78 is 11.5. The van der Waals surface area contributed by atoms with Crippen LogP contribution >= 0.6 is 0 Å². The maximum absolute atomic E-state index is 12.5. The highest BCUT2D eigenvalue weighted by atomic mass is 16.5. The second kappa shape index (κ2) is 10.1. The lowest BCUT2D eigenvalue weighted by Crippen LogP contribution is -2.50. The molecule has 0 spiro atoms. The van der Waals surface area contributed by atoms with Crippen molar-refractivity contribution >= 4 is 12.2 Å². The topological polar surface area (TPSA) is 67.5 Å². The molecule has 0 unspecified atom stereocenters. The van der Waals surface area contributed by atoms with Crippen LogP contribution in [0.3, 0.4) is 0 Å². The van der Waals surface area contributed by atoms with E-state index in [1.807, 2.05) is 11.0 Å². The molecule has 166 valence electrons. The second-order valence-electron chi connectivity index (χ2n) is 8.64. The Morgan fingerprint density at radius 3 is 2.71 bits per heavy atom. The molecule has 2 atom stereocenters. The first kappa shape index (κ1) is 21.6. The fourth-order valence-electron chi connectivity index (χ4n) is 5.23. The van der Waals surface area contributed by atoms with Crippen molar-refractivity contribution < 1.29 is 14.3 Å². The van der Waals surface area contributed by atoms with E-state index in [4.69, 9.17) is 9.47 Å². The van der Waals surface area contributed by atoms with Crippen molar-refractivity contribution in [2.45, 2.75) is 62.5 Å². The summed E-state index contributed by atoms with van der Waals surface area (Å²) >= 11 is 0. The van der Waals surface area contributed by atoms with Gasteiger partial charge in [-0.3, -0.25) is 5.10 Å². The summed E-state index contributed by atoms with van der Waals surface area (Å²) in [6, 6.07) is 10.7. The number of hydrogen-bond acceptors (Lipinski definition) is 4. The van der Waals surface area contributed by atoms with Gasteiger partial charge in [0.05, 0.1) is 32.1 Å². The van der Waals surface area contributed by atoms with E-state index < -0.39 is 0 Å². The summed E-state index contributed by atoms with van der Waals surface area (Å²) in [7, 11) is 1.44. The van der Waals surface area contributed by atoms with Crippen molar-refractivity contribution in [3.63, 3.8) is 0 Å². The molecule has 6 heteroatoms. The first-order chi connectivity index (χ1) is 15.2. The lowest BCUT2D eigenvalue weighted by atomic mass is 9.82. The fourth-order valence-corrected chi connectivity index (χ4v) is 5.23. The zero-order valence-electron chi connectivity index (χ0n) is 18.3. The third kappa shape index (κ3) is 4.85. The number of methoxy groups -OCH3 is 1. The molecule has 2 heterocycles. The molecule has 1 aliphatic carbocycles. The van der Waals surface area contributed by atoms with Crippen LogP contribution in [0, 0.1) is 0 Å². The third-order valence-electron chi connectivity index (χ3n) is 6.93. The highest BCUT2D eigenvalue weighted by Gasteiger charge is 2.38. The Kier molecular flexibility index (Phi) is 7.07. The molecule has 0 bridgehead atoms. The van der Waals surface area contributed by atoms with Gasteiger partial charge in [0.25, 0.3) is 0 Å². The lowest BCUT2D eigenvalue weighted by molar-refractivity contribution is -0.0242. The molecule has 1 amide bonds. The number of H-pyrrole nitrogens is 1. The number of carbonyl (C=O) groups is 1. The number of hydrogen-bond donors (Lipinski definition) is 1. The average molecular weight is 424 g/mol. The van der Waals surface area contributed by atoms with E-state index in [0.29, 0.717) is 19.1 Å². The van der Waals surface area contributed by atoms with Gasteiger partial charge in [0.1, 0.15) is 0 Å². The number of nitrogens with one attached hydrogen (secondary N) is 1. The average Bonchev–Trinajstić information content (AvgIpc) is 3.31. The Balaban J connectivity index is 1.42. The van der Waals surface area contributed by atoms with E-state index in [0.717, 1.165) is 49.8 Å². The molecule has 6 nitrogen and oxygen atoms in total. The van der Waals surface area contributed by atoms with E-state index >= 15 is 0 Å². The highest BCUT2D eigenvalue weighted by molar-refractivity contribution is 5.68. The molecule has 4 rings (SSSR count). The predicted molar refractivity (Wildman–Crippen MR) is 121 cm³/mol. The van der Waals surface area contributed by atoms with Gasteiger partial charge in [0.15, 0.2) is 0 Å². The summed E-state index contributed by atoms with van der Waals surface area (Å²) in [5.74, 6) is 0.749. The van der Waals surface area contributed by atoms with Crippen LogP contribution < -0.4 is 0 Å². The van der Waals surface area contributed by atoms with Crippen molar-refractivity contribution in [2.75, 3.05) is 20.3 Å². The zero-order valence-corrected chi connectivity index (χ0v) is 18.3. The summed E-state index contributed by atoms with van der Waals surface area (Å²) in [6.07, 6.45) is 9.86. The van der Waals surface area contributed by atoms with Gasteiger partial charge in [-0.05, 0) is 50.0 Å². The van der Waals surface area contributed by atoms with Crippen molar-refractivity contribution in [3.8, 4) is 0 Å². The maximum atomic E-state index is 12.5. The minimum atomic E-state index is -0.286. The Labute approximate surface area is 184 Å². The molecular formula is C25H33N3O3. The van der Waals surface area contributed by atoms with Crippen LogP contribution in [0.5, 0.6) is 0 Å². The first-order valence-corrected chi connectivity index (χ1v) is 11.4. The van der Waals surface area contributed by atoms with Gasteiger partial charge < -0.3 is 14.4 Å². The number of amides is 1. The van der Waals surface area contributed by atoms with Crippen molar-refractivity contribution in [2.24, 2.45) is 0 Å². The molecule has 31 heavy (non-hydrogen) atoms. The molecule has 1 aromatic heterocycles. The molecule has 1 saturated heterocycles. The standard InChI is InChI=1S/C25H33N3O3/c1-3-18-16-26-27-24(18)22-10-7-15-28(25(29)30-2)23(22)17-31-21-13-11-20(12-14-21)19-8-5-4-6-9-19/h3-6,8-9,16,20-23H,1,7,10-15,17H2,2H3,(H,26,27)/t20?,21?,22-,23-/m0/s1. The van der Waals surface area contributed by atoms with E-state index in [9.17, 15) is 4.79 Å². The summed E-state index contributed by atoms with van der Waals surface area (Å²) in [5, 5.41) is 7.35. The second-order valence-corrected chi connectivity index (χ2v) is 8.64. The minimum Gasteiger partial charge on any atom is -0.453 e. The van der Waals surface area contributed by atoms with Crippen molar-refractivity contribution in [1.82, 2.24) is 15.1 Å². The van der Waals surface area contributed by atoms with E-state index in [1.54, 1.807) is 6.20 Å². The molecule has 1 saturated carbocycles. The lowest BCUT2D eigenvalue weighted by Gasteiger charge is -2.41. The van der Waals surface area contributed by atoms with Gasteiger partial charge in [-0.1, -0.05) is 43.0 Å². The van der Waals surface area contributed by atoms with Crippen LogP contribution in [0.1, 0.15) is 67.2 Å². The first-order valence-electron chi connectivity index (χ1n) is 11.4. The Hall–Kier alpha value is -2.60. The number of aromatic nitrogens is 2. The van der Waals surface area contributed by atoms with Gasteiger partial charge in [0, 0.05) is 23.7 Å². The molecule has 1 aromatic carbocycles. The molecule has 1 aliphatic heterocycles. The smallest absolute Gasteiger partial charge is 0.409 e. The number of ether oxygens (including phenoxy) is 2. The van der Waals surface area contributed by atoms with Crippen molar-refractivity contribution in [1.29, 1.82) is 0 Å². The van der Waals surface area contributed by atoms with E-state index in [1.165, 1.54) is 12.7 Å². The van der Waals surface area contributed by atoms with Crippen LogP contribution in [0.4, 0.5) is 4.79 Å². The molecule has 1 N–H and O–H groups in total. The van der Waals surface area contributed by atoms with Crippen molar-refractivity contribution in [3.05, 3.63) is 59.9 Å². The maximum Gasteiger partial charge on any atom is 0.409 e. The highest BCUT2D eigenvalue weighted by Crippen LogP contribution is 2.37. The van der Waals surface area contributed by atoms with Crippen LogP contribution in [0.2, 0.25) is 0 Å².